The number of alkyl halides is 8. The van der Waals surface area contributed by atoms with Gasteiger partial charge in [0.1, 0.15) is 11.9 Å². The number of fused-ring (bicyclic) bond motifs is 1. The summed E-state index contributed by atoms with van der Waals surface area (Å²) in [5.74, 6) is -8.19. The minimum absolute atomic E-state index is 0.571. The average Bonchev–Trinajstić information content (AvgIpc) is 2.52. The summed E-state index contributed by atoms with van der Waals surface area (Å²) in [4.78, 5) is -0.960. The Labute approximate surface area is 129 Å². The van der Waals surface area contributed by atoms with Crippen LogP contribution in [0.25, 0.3) is 0 Å². The monoisotopic (exact) mass is 364 g/mol. The summed E-state index contributed by atoms with van der Waals surface area (Å²) in [5.41, 5.74) is -2.33. The summed E-state index contributed by atoms with van der Waals surface area (Å²) in [6.45, 7) is 0. The van der Waals surface area contributed by atoms with Gasteiger partial charge < -0.3 is 4.74 Å². The van der Waals surface area contributed by atoms with E-state index in [1.165, 1.54) is 0 Å². The number of benzene rings is 1. The van der Waals surface area contributed by atoms with Crippen LogP contribution in [0.2, 0.25) is 0 Å². The van der Waals surface area contributed by atoms with Crippen LogP contribution in [0.1, 0.15) is 30.4 Å². The lowest BCUT2D eigenvalue weighted by molar-refractivity contribution is -0.154. The standard InChI is InChI=1S/C13H8F8OS/c14-10(15)8-7(22-5-3-11(16,17)4-5)2-1-6-9(8)23-13(20,21)12(6,18)19/h1-2,5,10H,3-4H2. The van der Waals surface area contributed by atoms with Crippen molar-refractivity contribution < 1.29 is 39.9 Å². The van der Waals surface area contributed by atoms with Crippen LogP contribution >= 0.6 is 11.8 Å². The zero-order valence-electron chi connectivity index (χ0n) is 11.1. The van der Waals surface area contributed by atoms with Crippen LogP contribution in [0, 0.1) is 0 Å². The number of hydrogen-bond donors (Lipinski definition) is 0. The fraction of sp³-hybridized carbons (Fsp3) is 0.538. The molecule has 1 aliphatic heterocycles. The molecule has 2 aliphatic rings. The molecule has 0 aromatic heterocycles. The maximum absolute atomic E-state index is 13.6. The van der Waals surface area contributed by atoms with Crippen LogP contribution in [0.4, 0.5) is 35.1 Å². The van der Waals surface area contributed by atoms with Crippen molar-refractivity contribution in [3.63, 3.8) is 0 Å². The van der Waals surface area contributed by atoms with E-state index in [9.17, 15) is 35.1 Å². The molecule has 0 atom stereocenters. The minimum Gasteiger partial charge on any atom is -0.489 e. The second-order valence-corrected chi connectivity index (χ2v) is 6.48. The molecule has 10 heteroatoms. The first-order chi connectivity index (χ1) is 10.4. The predicted octanol–water partition coefficient (Wildman–Crippen LogP) is 5.59. The molecule has 3 rings (SSSR count). The molecular formula is C13H8F8OS. The van der Waals surface area contributed by atoms with Crippen molar-refractivity contribution in [1.29, 1.82) is 0 Å². The lowest BCUT2D eigenvalue weighted by Gasteiger charge is -2.35. The molecule has 1 heterocycles. The first kappa shape index (κ1) is 16.7. The number of thioether (sulfide) groups is 1. The van der Waals surface area contributed by atoms with E-state index < -0.39 is 76.0 Å². The molecule has 1 fully saturated rings. The highest BCUT2D eigenvalue weighted by Gasteiger charge is 2.65. The van der Waals surface area contributed by atoms with Crippen molar-refractivity contribution in [2.45, 2.75) is 47.4 Å². The van der Waals surface area contributed by atoms with Gasteiger partial charge in [-0.15, -0.1) is 0 Å². The van der Waals surface area contributed by atoms with Crippen molar-refractivity contribution >= 4 is 11.8 Å². The molecular weight excluding hydrogens is 356 g/mol. The molecule has 1 aromatic carbocycles. The third-order valence-electron chi connectivity index (χ3n) is 3.65. The van der Waals surface area contributed by atoms with E-state index in [0.29, 0.717) is 12.1 Å². The van der Waals surface area contributed by atoms with E-state index in [2.05, 4.69) is 0 Å². The van der Waals surface area contributed by atoms with Crippen LogP contribution in [-0.4, -0.2) is 17.3 Å². The van der Waals surface area contributed by atoms with Gasteiger partial charge in [0, 0.05) is 23.3 Å². The van der Waals surface area contributed by atoms with E-state index in [1.54, 1.807) is 0 Å². The average molecular weight is 364 g/mol. The maximum atomic E-state index is 13.6. The van der Waals surface area contributed by atoms with Crippen molar-refractivity contribution in [2.24, 2.45) is 0 Å². The van der Waals surface area contributed by atoms with Gasteiger partial charge in [-0.25, -0.2) is 17.6 Å². The Kier molecular flexibility index (Phi) is 3.55. The highest BCUT2D eigenvalue weighted by molar-refractivity contribution is 8.00. The van der Waals surface area contributed by atoms with Gasteiger partial charge in [0.2, 0.25) is 0 Å². The minimum atomic E-state index is -4.60. The van der Waals surface area contributed by atoms with Crippen molar-refractivity contribution in [2.75, 3.05) is 0 Å². The molecule has 0 amide bonds. The number of rotatable bonds is 3. The molecule has 128 valence electrons. The van der Waals surface area contributed by atoms with E-state index in [-0.39, 0.29) is 0 Å². The van der Waals surface area contributed by atoms with Gasteiger partial charge in [0.15, 0.2) is 0 Å². The van der Waals surface area contributed by atoms with Crippen LogP contribution < -0.4 is 4.74 Å². The second-order valence-electron chi connectivity index (χ2n) is 5.35. The summed E-state index contributed by atoms with van der Waals surface area (Å²) in [6.07, 6.45) is -5.83. The van der Waals surface area contributed by atoms with Gasteiger partial charge in [-0.05, 0) is 23.9 Å². The van der Waals surface area contributed by atoms with Crippen molar-refractivity contribution in [1.82, 2.24) is 0 Å². The fourth-order valence-corrected chi connectivity index (χ4v) is 3.57. The number of hydrogen-bond acceptors (Lipinski definition) is 2. The SMILES string of the molecule is FC(F)c1c(OC2CC(F)(F)C2)ccc2c1SC(F)(F)C2(F)F. The van der Waals surface area contributed by atoms with Crippen molar-refractivity contribution in [3.8, 4) is 5.75 Å². The van der Waals surface area contributed by atoms with E-state index in [4.69, 9.17) is 4.74 Å². The third kappa shape index (κ3) is 2.54. The molecule has 0 unspecified atom stereocenters. The van der Waals surface area contributed by atoms with E-state index in [0.717, 1.165) is 0 Å². The molecule has 0 bridgehead atoms. The molecule has 0 radical (unpaired) electrons. The predicted molar refractivity (Wildman–Crippen MR) is 64.7 cm³/mol. The summed E-state index contributed by atoms with van der Waals surface area (Å²) < 4.78 is 111. The van der Waals surface area contributed by atoms with E-state index >= 15 is 0 Å². The summed E-state index contributed by atoms with van der Waals surface area (Å²) >= 11 is -0.670. The lowest BCUT2D eigenvalue weighted by atomic mass is 9.91. The largest absolute Gasteiger partial charge is 0.489 e. The number of ether oxygens (including phenoxy) is 1. The number of halogens is 8. The van der Waals surface area contributed by atoms with Gasteiger partial charge in [-0.2, -0.15) is 17.6 Å². The van der Waals surface area contributed by atoms with Crippen LogP contribution in [0.15, 0.2) is 17.0 Å². The Bertz CT molecular complexity index is 637. The normalized spacial score (nSPS) is 24.4. The molecule has 1 nitrogen and oxygen atoms in total. The Morgan fingerprint density at radius 1 is 1.04 bits per heavy atom. The van der Waals surface area contributed by atoms with Gasteiger partial charge in [0.05, 0.1) is 5.56 Å². The summed E-state index contributed by atoms with van der Waals surface area (Å²) in [5, 5.41) is -4.57. The van der Waals surface area contributed by atoms with Crippen LogP contribution in [0.3, 0.4) is 0 Å². The van der Waals surface area contributed by atoms with Gasteiger partial charge >= 0.3 is 11.2 Å². The Morgan fingerprint density at radius 3 is 2.17 bits per heavy atom. The Morgan fingerprint density at radius 2 is 1.65 bits per heavy atom. The highest BCUT2D eigenvalue weighted by Crippen LogP contribution is 2.63. The maximum Gasteiger partial charge on any atom is 0.364 e. The molecule has 1 saturated carbocycles. The smallest absolute Gasteiger partial charge is 0.364 e. The summed E-state index contributed by atoms with van der Waals surface area (Å²) in [6, 6.07) is 1.27. The van der Waals surface area contributed by atoms with E-state index in [1.807, 2.05) is 0 Å². The quantitative estimate of drug-likeness (QED) is 0.647. The molecule has 0 N–H and O–H groups in total. The van der Waals surface area contributed by atoms with Gasteiger partial charge in [-0.1, -0.05) is 0 Å². The van der Waals surface area contributed by atoms with Crippen LogP contribution in [-0.2, 0) is 5.92 Å². The molecule has 23 heavy (non-hydrogen) atoms. The Balaban J connectivity index is 1.98. The van der Waals surface area contributed by atoms with Gasteiger partial charge in [-0.3, -0.25) is 0 Å². The Hall–Kier alpha value is -1.19. The fourth-order valence-electron chi connectivity index (χ4n) is 2.47. The summed E-state index contributed by atoms with van der Waals surface area (Å²) in [7, 11) is 0. The zero-order chi connectivity index (χ0) is 17.2. The first-order valence-electron chi connectivity index (χ1n) is 6.39. The molecule has 0 saturated heterocycles. The van der Waals surface area contributed by atoms with Gasteiger partial charge in [0.25, 0.3) is 12.3 Å². The third-order valence-corrected chi connectivity index (χ3v) is 4.81. The lowest BCUT2D eigenvalue weighted by Crippen LogP contribution is -2.43. The molecule has 1 aromatic rings. The van der Waals surface area contributed by atoms with Crippen molar-refractivity contribution in [3.05, 3.63) is 23.3 Å². The second kappa shape index (κ2) is 4.90. The molecule has 0 spiro atoms. The topological polar surface area (TPSA) is 9.23 Å². The van der Waals surface area contributed by atoms with Crippen LogP contribution in [0.5, 0.6) is 5.75 Å². The molecule has 1 aliphatic carbocycles. The highest BCUT2D eigenvalue weighted by atomic mass is 32.2. The zero-order valence-corrected chi connectivity index (χ0v) is 11.9. The first-order valence-corrected chi connectivity index (χ1v) is 7.21.